The van der Waals surface area contributed by atoms with Gasteiger partial charge in [-0.25, -0.2) is 24.5 Å². The van der Waals surface area contributed by atoms with Crippen LogP contribution in [-0.2, 0) is 61.3 Å². The van der Waals surface area contributed by atoms with Crippen LogP contribution in [0.5, 0.6) is 0 Å². The van der Waals surface area contributed by atoms with Crippen molar-refractivity contribution in [3.05, 3.63) is 41.1 Å². The van der Waals surface area contributed by atoms with E-state index in [2.05, 4.69) is 71.4 Å². The average molecular weight is 873 g/mol. The Morgan fingerprint density at radius 2 is 1.86 bits per heavy atom. The van der Waals surface area contributed by atoms with Crippen LogP contribution in [0.25, 0.3) is 22.2 Å². The van der Waals surface area contributed by atoms with Gasteiger partial charge in [0.25, 0.3) is 5.56 Å². The Morgan fingerprint density at radius 3 is 2.62 bits per heavy atom. The molecule has 3 saturated heterocycles. The van der Waals surface area contributed by atoms with Crippen LogP contribution in [0.15, 0.2) is 30.0 Å². The first kappa shape index (κ1) is 40.6. The summed E-state index contributed by atoms with van der Waals surface area (Å²) in [5.74, 6) is 0.726. The smallest absolute Gasteiger partial charge is 0.386 e. The first-order chi connectivity index (χ1) is 26.5. The molecule has 8 rings (SSSR count). The van der Waals surface area contributed by atoms with E-state index in [1.54, 1.807) is 0 Å². The van der Waals surface area contributed by atoms with Gasteiger partial charge in [-0.15, -0.1) is 0 Å². The van der Waals surface area contributed by atoms with Gasteiger partial charge in [0.1, 0.15) is 48.5 Å². The average Bonchev–Trinajstić information content (AvgIpc) is 3.86. The molecule has 56 heavy (non-hydrogen) atoms. The molecule has 4 aliphatic heterocycles. The number of anilines is 1. The van der Waals surface area contributed by atoms with E-state index in [9.17, 15) is 19.4 Å². The van der Waals surface area contributed by atoms with Crippen LogP contribution in [0.1, 0.15) is 51.6 Å². The highest BCUT2D eigenvalue weighted by molar-refractivity contribution is 8.44. The first-order valence-corrected chi connectivity index (χ1v) is 26.6. The van der Waals surface area contributed by atoms with Crippen LogP contribution in [0, 0.1) is 0 Å². The molecule has 4 aromatic heterocycles. The topological polar surface area (TPSA) is 218 Å². The second-order valence-electron chi connectivity index (χ2n) is 15.8. The van der Waals surface area contributed by atoms with Crippen LogP contribution in [0.4, 0.5) is 5.82 Å². The summed E-state index contributed by atoms with van der Waals surface area (Å²) in [7, 11) is -2.59. The van der Waals surface area contributed by atoms with Crippen molar-refractivity contribution in [3.8, 4) is 0 Å². The number of aromatic nitrogens is 7. The lowest BCUT2D eigenvalue weighted by atomic mass is 10.1. The number of fused-ring (bicyclic) bond motifs is 4. The summed E-state index contributed by atoms with van der Waals surface area (Å²) in [6.07, 6.45) is 1.45. The lowest BCUT2D eigenvalue weighted by Gasteiger charge is -2.41. The molecule has 306 valence electrons. The summed E-state index contributed by atoms with van der Waals surface area (Å²) in [6.45, 7) is 2.28. The number of thiol groups is 1. The third kappa shape index (κ3) is 7.71. The Labute approximate surface area is 333 Å². The number of rotatable bonds is 6. The van der Waals surface area contributed by atoms with Crippen LogP contribution in [-0.4, -0.2) is 109 Å². The predicted octanol–water partition coefficient (Wildman–Crippen LogP) is 4.04. The Hall–Kier alpha value is -2.14. The van der Waals surface area contributed by atoms with Gasteiger partial charge in [0.05, 0.1) is 44.2 Å². The molecule has 0 spiro atoms. The number of hydrogen-bond acceptors (Lipinski definition) is 16. The summed E-state index contributed by atoms with van der Waals surface area (Å²) in [4.78, 5) is 42.5. The molecule has 8 heterocycles. The Morgan fingerprint density at radius 1 is 1.05 bits per heavy atom. The largest absolute Gasteiger partial charge is 0.407 e. The van der Waals surface area contributed by atoms with Gasteiger partial charge < -0.3 is 38.3 Å². The molecule has 4 aromatic rings. The van der Waals surface area contributed by atoms with Crippen LogP contribution in [0.3, 0.4) is 0 Å². The van der Waals surface area contributed by atoms with Gasteiger partial charge in [-0.3, -0.25) is 27.5 Å². The summed E-state index contributed by atoms with van der Waals surface area (Å²) < 4.78 is 63.3. The van der Waals surface area contributed by atoms with Gasteiger partial charge in [-0.1, -0.05) is 33.0 Å². The number of aryl methyl sites for hydroxylation is 1. The van der Waals surface area contributed by atoms with Crippen molar-refractivity contribution in [2.45, 2.75) is 108 Å². The molecule has 24 heteroatoms. The first-order valence-electron chi connectivity index (χ1n) is 18.4. The summed E-state index contributed by atoms with van der Waals surface area (Å²) in [5.41, 5.74) is 1.42. The number of imidazole rings is 1. The predicted molar refractivity (Wildman–Crippen MR) is 212 cm³/mol. The number of nitrogens with one attached hydrogen (secondary N) is 1. The van der Waals surface area contributed by atoms with E-state index in [0.717, 1.165) is 36.2 Å². The van der Waals surface area contributed by atoms with E-state index in [0.29, 0.717) is 5.65 Å². The number of ether oxygens (including phenoxy) is 2. The van der Waals surface area contributed by atoms with Gasteiger partial charge in [0.15, 0.2) is 31.9 Å². The lowest BCUT2D eigenvalue weighted by molar-refractivity contribution is -0.0579. The van der Waals surface area contributed by atoms with Gasteiger partial charge in [0.2, 0.25) is 0 Å². The Balaban J connectivity index is 1.14. The minimum atomic E-state index is -4.18. The molecule has 0 aliphatic carbocycles. The van der Waals surface area contributed by atoms with Gasteiger partial charge in [-0.05, 0) is 48.3 Å². The number of aliphatic hydroxyl groups excluding tert-OH is 1. The SMILES string of the molecule is CC(C)(C)[Si](C)(C)O[C@@H]1[C@@H]2OP(O)(=S)OC[C@@H]3C[C@@H](OP(=O)(S)OC[C@H]2O[C@H]1n1cc2c4c(ncnc41)NCCC2)[C@H](n1cnc2c(=O)n(CCO)cnc21)O3. The third-order valence-corrected chi connectivity index (χ3v) is 18.7. The lowest BCUT2D eigenvalue weighted by Crippen LogP contribution is -2.49. The zero-order chi connectivity index (χ0) is 39.8. The van der Waals surface area contributed by atoms with Crippen LogP contribution < -0.4 is 10.9 Å². The van der Waals surface area contributed by atoms with Crippen LogP contribution >= 0.6 is 25.8 Å². The molecule has 0 saturated carbocycles. The Bertz CT molecular complexity index is 2290. The molecule has 0 aromatic carbocycles. The second-order valence-corrected chi connectivity index (χ2v) is 26.3. The highest BCUT2D eigenvalue weighted by Gasteiger charge is 2.54. The van der Waals surface area contributed by atoms with E-state index in [1.807, 2.05) is 10.8 Å². The maximum absolute atomic E-state index is 14.1. The van der Waals surface area contributed by atoms with E-state index in [1.165, 1.54) is 28.1 Å². The quantitative estimate of drug-likeness (QED) is 0.122. The molecular weight excluding hydrogens is 827 g/mol. The fourth-order valence-corrected chi connectivity index (χ4v) is 11.5. The molecule has 0 radical (unpaired) electrons. The van der Waals surface area contributed by atoms with E-state index < -0.39 is 70.4 Å². The highest BCUT2D eigenvalue weighted by atomic mass is 32.7. The fraction of sp³-hybridized carbons (Fsp3) is 0.656. The molecule has 4 aliphatic rings. The zero-order valence-corrected chi connectivity index (χ0v) is 36.0. The van der Waals surface area contributed by atoms with Crippen LogP contribution in [0.2, 0.25) is 18.1 Å². The summed E-state index contributed by atoms with van der Waals surface area (Å²) >= 11 is 10.0. The molecule has 2 bridgehead atoms. The van der Waals surface area contributed by atoms with Gasteiger partial charge in [-0.2, -0.15) is 0 Å². The van der Waals surface area contributed by atoms with Crippen molar-refractivity contribution in [2.24, 2.45) is 0 Å². The van der Waals surface area contributed by atoms with E-state index in [4.69, 9.17) is 43.8 Å². The molecule has 3 N–H and O–H groups in total. The van der Waals surface area contributed by atoms with E-state index in [-0.39, 0.29) is 49.0 Å². The number of aliphatic hydroxyl groups is 1. The minimum Gasteiger partial charge on any atom is -0.407 e. The third-order valence-electron chi connectivity index (χ3n) is 11.1. The number of nitrogens with zero attached hydrogens (tertiary/aromatic N) is 7. The zero-order valence-electron chi connectivity index (χ0n) is 31.5. The second kappa shape index (κ2) is 15.2. The molecule has 19 nitrogen and oxygen atoms in total. The normalized spacial score (nSPS) is 33.0. The number of hydrogen-bond donors (Lipinski definition) is 4. The molecule has 3 fully saturated rings. The Kier molecular flexibility index (Phi) is 11.0. The van der Waals surface area contributed by atoms with Crippen molar-refractivity contribution >= 4 is 73.9 Å². The highest BCUT2D eigenvalue weighted by Crippen LogP contribution is 2.59. The summed E-state index contributed by atoms with van der Waals surface area (Å²) in [6, 6.07) is 0. The van der Waals surface area contributed by atoms with Gasteiger partial charge >= 0.3 is 13.5 Å². The molecule has 9 atom stereocenters. The van der Waals surface area contributed by atoms with Crippen molar-refractivity contribution in [3.63, 3.8) is 0 Å². The van der Waals surface area contributed by atoms with E-state index >= 15 is 0 Å². The molecule has 2 unspecified atom stereocenters. The van der Waals surface area contributed by atoms with Crippen molar-refractivity contribution in [1.29, 1.82) is 0 Å². The van der Waals surface area contributed by atoms with Crippen molar-refractivity contribution in [2.75, 3.05) is 31.7 Å². The fourth-order valence-electron chi connectivity index (χ4n) is 7.29. The molecule has 0 amide bonds. The standard InChI is InChI=1S/C32H46N8O11P2S2Si/c1-32(2,3)56(4,5)51-25-24-21(48-31(25)39-12-18-7-6-8-33-26-22(18)27(39)35-15-34-26)14-46-52(43,54)49-20-11-19(13-45-53(44,55)50-24)47-30(20)40-17-36-23-28(40)37-16-38(9-10-41)29(23)42/h12,15-17,19-21,24-25,30-31,41H,6-11,13-14H2,1-5H3,(H,43,54)(H,44,55)(H,33,34,35)/t19-,20+,21+,24+,25+,30+,31+,52?,53?/m0/s1. The molecular formula is C32H46N8O11P2S2Si. The van der Waals surface area contributed by atoms with Gasteiger partial charge in [0, 0.05) is 19.2 Å². The summed E-state index contributed by atoms with van der Waals surface area (Å²) in [5, 5.41) is 13.4. The van der Waals surface area contributed by atoms with Crippen molar-refractivity contribution < 1.29 is 46.6 Å². The monoisotopic (exact) mass is 872 g/mol. The van der Waals surface area contributed by atoms with Crippen molar-refractivity contribution in [1.82, 2.24) is 33.6 Å². The minimum absolute atomic E-state index is 0.0362. The maximum atomic E-state index is 14.1. The maximum Gasteiger partial charge on any atom is 0.386 e.